The number of para-hydroxylation sites is 1. The molecule has 7 nitrogen and oxygen atoms in total. The third-order valence-corrected chi connectivity index (χ3v) is 4.96. The zero-order valence-corrected chi connectivity index (χ0v) is 15.6. The fourth-order valence-corrected chi connectivity index (χ4v) is 3.52. The van der Waals surface area contributed by atoms with E-state index in [1.54, 1.807) is 5.01 Å². The molecule has 0 aliphatic carbocycles. The maximum absolute atomic E-state index is 13.1. The van der Waals surface area contributed by atoms with Crippen molar-refractivity contribution in [2.45, 2.75) is 24.7 Å². The largest absolute Gasteiger partial charge is 0.418 e. The molecule has 1 fully saturated rings. The lowest BCUT2D eigenvalue weighted by atomic mass is 10.0. The van der Waals surface area contributed by atoms with Crippen LogP contribution in [0.3, 0.4) is 0 Å². The number of halogens is 3. The minimum atomic E-state index is -4.61. The molecule has 2 aliphatic heterocycles. The number of hydrogen-bond donors (Lipinski definition) is 2. The molecule has 0 bridgehead atoms. The SMILES string of the molecule is O=C(CN1N=CN2NC(c3ccccc3)CC2C1=O)Nc1ccccc1C(F)(F)F. The first-order valence-electron chi connectivity index (χ1n) is 9.24. The molecule has 2 aromatic carbocycles. The first kappa shape index (κ1) is 19.9. The Labute approximate surface area is 170 Å². The maximum atomic E-state index is 13.1. The number of carbonyl (C=O) groups is 2. The van der Waals surface area contributed by atoms with Gasteiger partial charge in [-0.3, -0.25) is 14.6 Å². The van der Waals surface area contributed by atoms with Crippen molar-refractivity contribution in [1.82, 2.24) is 15.4 Å². The Morgan fingerprint density at radius 3 is 2.57 bits per heavy atom. The Bertz CT molecular complexity index is 980. The van der Waals surface area contributed by atoms with E-state index >= 15 is 0 Å². The lowest BCUT2D eigenvalue weighted by Crippen LogP contribution is -2.52. The average Bonchev–Trinajstić information content (AvgIpc) is 3.16. The van der Waals surface area contributed by atoms with Gasteiger partial charge in [-0.25, -0.2) is 10.4 Å². The number of alkyl halides is 3. The zero-order valence-electron chi connectivity index (χ0n) is 15.6. The molecule has 10 heteroatoms. The van der Waals surface area contributed by atoms with Gasteiger partial charge in [0.25, 0.3) is 5.91 Å². The molecular weight excluding hydrogens is 399 g/mol. The predicted octanol–water partition coefficient (Wildman–Crippen LogP) is 2.75. The molecule has 2 unspecified atom stereocenters. The van der Waals surface area contributed by atoms with Gasteiger partial charge in [-0.1, -0.05) is 42.5 Å². The van der Waals surface area contributed by atoms with Crippen molar-refractivity contribution >= 4 is 23.8 Å². The Kier molecular flexibility index (Phi) is 5.17. The fourth-order valence-electron chi connectivity index (χ4n) is 3.52. The van der Waals surface area contributed by atoms with Gasteiger partial charge in [-0.2, -0.15) is 18.3 Å². The first-order valence-corrected chi connectivity index (χ1v) is 9.24. The van der Waals surface area contributed by atoms with Crippen LogP contribution < -0.4 is 10.7 Å². The van der Waals surface area contributed by atoms with E-state index in [0.717, 1.165) is 22.7 Å². The monoisotopic (exact) mass is 417 g/mol. The molecule has 0 spiro atoms. The molecule has 0 saturated carbocycles. The van der Waals surface area contributed by atoms with E-state index in [1.165, 1.54) is 18.5 Å². The highest BCUT2D eigenvalue weighted by atomic mass is 19.4. The van der Waals surface area contributed by atoms with Crippen LogP contribution in [0.2, 0.25) is 0 Å². The standard InChI is InChI=1S/C20H18F3N5O2/c21-20(22,23)14-8-4-5-9-15(14)25-18(29)11-27-19(30)17-10-16(26-28(17)12-24-27)13-6-2-1-3-7-13/h1-9,12,16-17,26H,10-11H2,(H,25,29). The number of rotatable bonds is 4. The quantitative estimate of drug-likeness (QED) is 0.802. The van der Waals surface area contributed by atoms with E-state index in [-0.39, 0.29) is 11.7 Å². The second-order valence-corrected chi connectivity index (χ2v) is 6.97. The lowest BCUT2D eigenvalue weighted by molar-refractivity contribution is -0.139. The molecule has 1 saturated heterocycles. The number of anilines is 1. The highest BCUT2D eigenvalue weighted by molar-refractivity contribution is 5.97. The summed E-state index contributed by atoms with van der Waals surface area (Å²) in [5.41, 5.74) is 2.88. The Morgan fingerprint density at radius 2 is 1.83 bits per heavy atom. The first-order chi connectivity index (χ1) is 14.3. The van der Waals surface area contributed by atoms with Gasteiger partial charge in [0.2, 0.25) is 5.91 Å². The number of hydrazine groups is 1. The molecule has 4 rings (SSSR count). The molecule has 0 aromatic heterocycles. The van der Waals surface area contributed by atoms with Crippen LogP contribution >= 0.6 is 0 Å². The number of hydrogen-bond acceptors (Lipinski definition) is 5. The molecule has 0 radical (unpaired) electrons. The maximum Gasteiger partial charge on any atom is 0.418 e. The normalized spacial score (nSPS) is 21.0. The van der Waals surface area contributed by atoms with Crippen LogP contribution in [-0.2, 0) is 15.8 Å². The smallest absolute Gasteiger partial charge is 0.324 e. The van der Waals surface area contributed by atoms with Crippen molar-refractivity contribution in [1.29, 1.82) is 0 Å². The molecule has 2 amide bonds. The van der Waals surface area contributed by atoms with Gasteiger partial charge >= 0.3 is 6.18 Å². The fraction of sp³-hybridized carbons (Fsp3) is 0.250. The van der Waals surface area contributed by atoms with E-state index < -0.39 is 36.1 Å². The summed E-state index contributed by atoms with van der Waals surface area (Å²) in [6.07, 6.45) is -2.72. The number of hydrazone groups is 1. The molecule has 156 valence electrons. The molecule has 2 atom stereocenters. The van der Waals surface area contributed by atoms with Gasteiger partial charge in [-0.05, 0) is 24.1 Å². The molecule has 2 N–H and O–H groups in total. The Hall–Kier alpha value is -3.40. The number of nitrogens with zero attached hydrogens (tertiary/aromatic N) is 3. The summed E-state index contributed by atoms with van der Waals surface area (Å²) in [5.74, 6) is -1.17. The van der Waals surface area contributed by atoms with Gasteiger partial charge in [-0.15, -0.1) is 0 Å². The van der Waals surface area contributed by atoms with E-state index in [2.05, 4.69) is 15.8 Å². The number of amides is 2. The minimum Gasteiger partial charge on any atom is -0.324 e. The topological polar surface area (TPSA) is 77.0 Å². The number of fused-ring (bicyclic) bond motifs is 1. The predicted molar refractivity (Wildman–Crippen MR) is 103 cm³/mol. The summed E-state index contributed by atoms with van der Waals surface area (Å²) in [4.78, 5) is 25.1. The van der Waals surface area contributed by atoms with Crippen LogP contribution in [0.25, 0.3) is 0 Å². The summed E-state index contributed by atoms with van der Waals surface area (Å²) in [5, 5.41) is 8.76. The van der Waals surface area contributed by atoms with E-state index in [9.17, 15) is 22.8 Å². The number of benzene rings is 2. The van der Waals surface area contributed by atoms with Crippen molar-refractivity contribution in [2.24, 2.45) is 5.10 Å². The van der Waals surface area contributed by atoms with Gasteiger partial charge in [0.05, 0.1) is 17.3 Å². The second-order valence-electron chi connectivity index (χ2n) is 6.97. The van der Waals surface area contributed by atoms with Gasteiger partial charge in [0.15, 0.2) is 0 Å². The highest BCUT2D eigenvalue weighted by Crippen LogP contribution is 2.34. The van der Waals surface area contributed by atoms with Crippen LogP contribution in [0.5, 0.6) is 0 Å². The van der Waals surface area contributed by atoms with Crippen LogP contribution in [0.1, 0.15) is 23.6 Å². The number of carbonyl (C=O) groups excluding carboxylic acids is 2. The van der Waals surface area contributed by atoms with E-state index in [4.69, 9.17) is 0 Å². The zero-order chi connectivity index (χ0) is 21.3. The summed E-state index contributed by atoms with van der Waals surface area (Å²) < 4.78 is 39.3. The third-order valence-electron chi connectivity index (χ3n) is 4.96. The summed E-state index contributed by atoms with van der Waals surface area (Å²) >= 11 is 0. The lowest BCUT2D eigenvalue weighted by Gasteiger charge is -2.29. The van der Waals surface area contributed by atoms with Crippen molar-refractivity contribution in [3.63, 3.8) is 0 Å². The van der Waals surface area contributed by atoms with Gasteiger partial charge < -0.3 is 5.32 Å². The third kappa shape index (κ3) is 3.99. The van der Waals surface area contributed by atoms with E-state index in [0.29, 0.717) is 6.42 Å². The summed E-state index contributed by atoms with van der Waals surface area (Å²) in [6.45, 7) is -0.484. The molecular formula is C20H18F3N5O2. The Morgan fingerprint density at radius 1 is 1.13 bits per heavy atom. The second kappa shape index (κ2) is 7.79. The van der Waals surface area contributed by atoms with Crippen LogP contribution in [0.4, 0.5) is 18.9 Å². The average molecular weight is 417 g/mol. The highest BCUT2D eigenvalue weighted by Gasteiger charge is 2.41. The molecule has 2 aromatic rings. The van der Waals surface area contributed by atoms with Crippen molar-refractivity contribution in [3.05, 3.63) is 65.7 Å². The van der Waals surface area contributed by atoms with Crippen LogP contribution in [0, 0.1) is 0 Å². The minimum absolute atomic E-state index is 0.0842. The number of nitrogens with one attached hydrogen (secondary N) is 2. The Balaban J connectivity index is 1.42. The van der Waals surface area contributed by atoms with Gasteiger partial charge in [0, 0.05) is 0 Å². The van der Waals surface area contributed by atoms with Gasteiger partial charge in [0.1, 0.15) is 18.9 Å². The summed E-state index contributed by atoms with van der Waals surface area (Å²) in [7, 11) is 0. The van der Waals surface area contributed by atoms with Crippen LogP contribution in [-0.4, -0.2) is 40.8 Å². The summed E-state index contributed by atoms with van der Waals surface area (Å²) in [6, 6.07) is 13.6. The molecule has 30 heavy (non-hydrogen) atoms. The van der Waals surface area contributed by atoms with E-state index in [1.807, 2.05) is 30.3 Å². The molecule has 2 aliphatic rings. The molecule has 2 heterocycles. The van der Waals surface area contributed by atoms with Crippen LogP contribution in [0.15, 0.2) is 59.7 Å². The van der Waals surface area contributed by atoms with Crippen molar-refractivity contribution in [3.8, 4) is 0 Å². The van der Waals surface area contributed by atoms with Crippen molar-refractivity contribution < 1.29 is 22.8 Å². The van der Waals surface area contributed by atoms with Crippen molar-refractivity contribution in [2.75, 3.05) is 11.9 Å².